The quantitative estimate of drug-likeness (QED) is 0.279. The van der Waals surface area contributed by atoms with Gasteiger partial charge in [0.25, 0.3) is 5.91 Å². The van der Waals surface area contributed by atoms with E-state index in [2.05, 4.69) is 5.32 Å². The number of methoxy groups -OCH3 is 1. The lowest BCUT2D eigenvalue weighted by Gasteiger charge is -2.34. The number of thiophene rings is 1. The van der Waals surface area contributed by atoms with Gasteiger partial charge in [0.1, 0.15) is 22.3 Å². The molecule has 1 heterocycles. The number of benzene rings is 2. The smallest absolute Gasteiger partial charge is 0.266 e. The number of hydrogen-bond donors (Lipinski definition) is 1. The summed E-state index contributed by atoms with van der Waals surface area (Å²) >= 11 is 7.43. The topological polar surface area (TPSA) is 41.6 Å². The molecule has 4 nitrogen and oxygen atoms in total. The third-order valence-electron chi connectivity index (χ3n) is 6.76. The zero-order valence-electron chi connectivity index (χ0n) is 23.2. The molecular formula is C32H41ClF2N2O2S. The Bertz CT molecular complexity index is 1350. The summed E-state index contributed by atoms with van der Waals surface area (Å²) in [6, 6.07) is 8.08. The second-order valence-electron chi connectivity index (χ2n) is 9.47. The maximum Gasteiger partial charge on any atom is 0.266 e. The summed E-state index contributed by atoms with van der Waals surface area (Å²) in [5.41, 5.74) is 2.95. The molecule has 0 atom stereocenters. The summed E-state index contributed by atoms with van der Waals surface area (Å²) in [4.78, 5) is 16.0. The first-order valence-corrected chi connectivity index (χ1v) is 14.4. The maximum absolute atomic E-state index is 14.5. The van der Waals surface area contributed by atoms with Crippen molar-refractivity contribution in [2.24, 2.45) is 0 Å². The number of amides is 1. The number of carbonyl (C=O) groups is 1. The highest BCUT2D eigenvalue weighted by molar-refractivity contribution is 7.21. The van der Waals surface area contributed by atoms with Crippen LogP contribution in [0.4, 0.5) is 8.78 Å². The second-order valence-corrected chi connectivity index (χ2v) is 10.9. The largest absolute Gasteiger partial charge is 0.496 e. The zero-order valence-corrected chi connectivity index (χ0v) is 24.8. The molecule has 1 N–H and O–H groups in total. The van der Waals surface area contributed by atoms with Crippen LogP contribution in [-0.4, -0.2) is 38.1 Å². The van der Waals surface area contributed by atoms with Crippen LogP contribution in [0.5, 0.6) is 5.75 Å². The van der Waals surface area contributed by atoms with E-state index in [9.17, 15) is 13.6 Å². The normalized spacial score (nSPS) is 14.1. The predicted molar refractivity (Wildman–Crippen MR) is 167 cm³/mol. The number of allylic oxidation sites excluding steroid dienone is 4. The lowest BCUT2D eigenvalue weighted by atomic mass is 9.93. The highest BCUT2D eigenvalue weighted by Gasteiger charge is 2.31. The Morgan fingerprint density at radius 1 is 1.12 bits per heavy atom. The van der Waals surface area contributed by atoms with Gasteiger partial charge in [-0.1, -0.05) is 62.6 Å². The third-order valence-corrected chi connectivity index (χ3v) is 8.44. The molecule has 0 aliphatic heterocycles. The van der Waals surface area contributed by atoms with Crippen LogP contribution in [0.15, 0.2) is 48.6 Å². The van der Waals surface area contributed by atoms with Crippen LogP contribution in [0.1, 0.15) is 74.2 Å². The van der Waals surface area contributed by atoms with Gasteiger partial charge in [0.2, 0.25) is 0 Å². The van der Waals surface area contributed by atoms with E-state index in [0.717, 1.165) is 72.3 Å². The van der Waals surface area contributed by atoms with Crippen LogP contribution in [0.25, 0.3) is 15.7 Å². The van der Waals surface area contributed by atoms with Crippen LogP contribution in [-0.2, 0) is 6.54 Å². The van der Waals surface area contributed by atoms with Gasteiger partial charge in [-0.25, -0.2) is 8.78 Å². The molecule has 8 heteroatoms. The van der Waals surface area contributed by atoms with Gasteiger partial charge in [-0.3, -0.25) is 4.79 Å². The fourth-order valence-electron chi connectivity index (χ4n) is 4.93. The van der Waals surface area contributed by atoms with Gasteiger partial charge in [0, 0.05) is 18.2 Å². The van der Waals surface area contributed by atoms with Crippen LogP contribution >= 0.6 is 22.9 Å². The lowest BCUT2D eigenvalue weighted by molar-refractivity contribution is 0.0618. The molecule has 4 rings (SSSR count). The Kier molecular flexibility index (Phi) is 13.3. The Morgan fingerprint density at radius 2 is 1.77 bits per heavy atom. The summed E-state index contributed by atoms with van der Waals surface area (Å²) in [6.45, 7) is 4.26. The summed E-state index contributed by atoms with van der Waals surface area (Å²) < 4.78 is 34.7. The minimum atomic E-state index is -0.631. The SMILES string of the molecule is C.C/C=C\C(=C/C)c1ccc(OC)c(CN(C(=O)c2sc3c(F)ccc(F)c3c2Cl)C2CCCCC2)c1.CNC. The zero-order chi connectivity index (χ0) is 28.5. The number of rotatable bonds is 7. The number of nitrogens with one attached hydrogen (secondary N) is 1. The summed E-state index contributed by atoms with van der Waals surface area (Å²) in [7, 11) is 5.36. The highest BCUT2D eigenvalue weighted by atomic mass is 35.5. The number of carbonyl (C=O) groups excluding carboxylic acids is 1. The molecule has 1 aromatic heterocycles. The molecule has 2 aromatic carbocycles. The van der Waals surface area contributed by atoms with E-state index in [1.807, 2.05) is 69.3 Å². The number of hydrogen-bond acceptors (Lipinski definition) is 4. The molecule has 0 spiro atoms. The van der Waals surface area contributed by atoms with E-state index in [1.54, 1.807) is 7.11 Å². The molecule has 3 aromatic rings. The number of halogens is 3. The van der Waals surface area contributed by atoms with Crippen LogP contribution in [0, 0.1) is 11.6 Å². The van der Waals surface area contributed by atoms with Gasteiger partial charge >= 0.3 is 0 Å². The number of ether oxygens (including phenoxy) is 1. The number of nitrogens with zero attached hydrogens (tertiary/aromatic N) is 1. The van der Waals surface area contributed by atoms with Gasteiger partial charge in [0.05, 0.1) is 22.2 Å². The number of fused-ring (bicyclic) bond motifs is 1. The Hall–Kier alpha value is -2.74. The van der Waals surface area contributed by atoms with E-state index >= 15 is 0 Å². The molecule has 0 radical (unpaired) electrons. The fourth-order valence-corrected chi connectivity index (χ4v) is 6.43. The summed E-state index contributed by atoms with van der Waals surface area (Å²) in [5, 5.41) is 2.69. The van der Waals surface area contributed by atoms with Crippen molar-refractivity contribution in [2.45, 2.75) is 66.0 Å². The Labute approximate surface area is 246 Å². The van der Waals surface area contributed by atoms with Crippen molar-refractivity contribution in [1.82, 2.24) is 10.2 Å². The molecule has 1 aliphatic rings. The van der Waals surface area contributed by atoms with Crippen LogP contribution < -0.4 is 10.1 Å². The van der Waals surface area contributed by atoms with Gasteiger partial charge in [-0.2, -0.15) is 0 Å². The first kappa shape index (κ1) is 33.5. The van der Waals surface area contributed by atoms with Crippen molar-refractivity contribution >= 4 is 44.5 Å². The van der Waals surface area contributed by atoms with Crippen LogP contribution in [0.2, 0.25) is 5.02 Å². The Morgan fingerprint density at radius 3 is 2.35 bits per heavy atom. The first-order valence-electron chi connectivity index (χ1n) is 13.2. The van der Waals surface area contributed by atoms with Crippen molar-refractivity contribution in [3.8, 4) is 5.75 Å². The van der Waals surface area contributed by atoms with Crippen molar-refractivity contribution < 1.29 is 18.3 Å². The average Bonchev–Trinajstić information content (AvgIpc) is 3.31. The van der Waals surface area contributed by atoms with Crippen molar-refractivity contribution in [1.29, 1.82) is 0 Å². The predicted octanol–water partition coefficient (Wildman–Crippen LogP) is 9.27. The van der Waals surface area contributed by atoms with E-state index in [-0.39, 0.29) is 39.4 Å². The lowest BCUT2D eigenvalue weighted by Crippen LogP contribution is -2.40. The summed E-state index contributed by atoms with van der Waals surface area (Å²) in [5.74, 6) is -0.839. The van der Waals surface area contributed by atoms with E-state index < -0.39 is 11.6 Å². The Balaban J connectivity index is 0.00000134. The molecule has 1 amide bonds. The van der Waals surface area contributed by atoms with E-state index in [4.69, 9.17) is 16.3 Å². The standard InChI is InChI=1S/C29H30ClF2NO2S.C2H7N.CH4/c1-4-9-18(5-2)19-12-15-24(35-3)20(16-19)17-33(21-10-7-6-8-11-21)29(34)28-26(30)25-22(31)13-14-23(32)27(25)36-28;1-3-2;/h4-5,9,12-16,21H,6-8,10-11,17H2,1-3H3;3H,1-2H3;1H4/b9-4-,18-5+;;. The second kappa shape index (κ2) is 15.9. The van der Waals surface area contributed by atoms with Crippen molar-refractivity contribution in [3.05, 3.63) is 81.2 Å². The van der Waals surface area contributed by atoms with Crippen LogP contribution in [0.3, 0.4) is 0 Å². The van der Waals surface area contributed by atoms with Gasteiger partial charge in [-0.05, 0) is 76.2 Å². The fraction of sp³-hybridized carbons (Fsp3) is 0.406. The molecule has 1 aliphatic carbocycles. The molecule has 40 heavy (non-hydrogen) atoms. The van der Waals surface area contributed by atoms with Crippen molar-refractivity contribution in [2.75, 3.05) is 21.2 Å². The minimum absolute atomic E-state index is 0. The molecule has 0 saturated heterocycles. The molecule has 1 fully saturated rings. The van der Waals surface area contributed by atoms with E-state index in [0.29, 0.717) is 12.3 Å². The molecular weight excluding hydrogens is 550 g/mol. The van der Waals surface area contributed by atoms with Gasteiger partial charge in [-0.15, -0.1) is 11.3 Å². The summed E-state index contributed by atoms with van der Waals surface area (Å²) in [6.07, 6.45) is 11.0. The highest BCUT2D eigenvalue weighted by Crippen LogP contribution is 2.40. The average molecular weight is 591 g/mol. The molecule has 1 saturated carbocycles. The first-order chi connectivity index (χ1) is 18.8. The van der Waals surface area contributed by atoms with Gasteiger partial charge in [0.15, 0.2) is 0 Å². The molecule has 0 bridgehead atoms. The third kappa shape index (κ3) is 7.50. The molecule has 0 unspecified atom stereocenters. The van der Waals surface area contributed by atoms with Gasteiger partial charge < -0.3 is 15.0 Å². The monoisotopic (exact) mass is 590 g/mol. The van der Waals surface area contributed by atoms with E-state index in [1.165, 1.54) is 0 Å². The van der Waals surface area contributed by atoms with Crippen molar-refractivity contribution in [3.63, 3.8) is 0 Å². The maximum atomic E-state index is 14.5. The molecule has 218 valence electrons. The minimum Gasteiger partial charge on any atom is -0.496 e.